The zero-order chi connectivity index (χ0) is 16.4. The van der Waals surface area contributed by atoms with Crippen LogP contribution in [0.3, 0.4) is 0 Å². The Balaban J connectivity index is 1.91. The fourth-order valence-corrected chi connectivity index (χ4v) is 3.18. The summed E-state index contributed by atoms with van der Waals surface area (Å²) in [6, 6.07) is 9.62. The largest absolute Gasteiger partial charge is 0.334 e. The van der Waals surface area contributed by atoms with E-state index >= 15 is 0 Å². The number of nitrogens with zero attached hydrogens (tertiary/aromatic N) is 3. The molecule has 1 amide bonds. The van der Waals surface area contributed by atoms with E-state index in [1.54, 1.807) is 11.3 Å². The summed E-state index contributed by atoms with van der Waals surface area (Å²) in [4.78, 5) is 24.9. The maximum absolute atomic E-state index is 12.8. The summed E-state index contributed by atoms with van der Waals surface area (Å²) < 4.78 is 0. The molecule has 3 aromatic rings. The highest BCUT2D eigenvalue weighted by atomic mass is 32.1. The second-order valence-electron chi connectivity index (χ2n) is 5.50. The lowest BCUT2D eigenvalue weighted by Gasteiger charge is -2.20. The van der Waals surface area contributed by atoms with E-state index in [0.717, 1.165) is 22.4 Å². The van der Waals surface area contributed by atoms with E-state index in [9.17, 15) is 4.79 Å². The van der Waals surface area contributed by atoms with Crippen molar-refractivity contribution in [1.82, 2.24) is 14.9 Å². The highest BCUT2D eigenvalue weighted by Crippen LogP contribution is 2.18. The normalized spacial score (nSPS) is 10.9. The van der Waals surface area contributed by atoms with Crippen LogP contribution in [0, 0.1) is 13.8 Å². The van der Waals surface area contributed by atoms with Crippen LogP contribution in [-0.4, -0.2) is 27.3 Å². The molecule has 2 heterocycles. The molecule has 1 aromatic carbocycles. The van der Waals surface area contributed by atoms with Crippen molar-refractivity contribution in [3.05, 3.63) is 57.5 Å². The van der Waals surface area contributed by atoms with Gasteiger partial charge in [0.1, 0.15) is 0 Å². The fraction of sp³-hybridized carbons (Fsp3) is 0.278. The van der Waals surface area contributed by atoms with Gasteiger partial charge in [0, 0.05) is 17.0 Å². The molecule has 23 heavy (non-hydrogen) atoms. The molecule has 3 rings (SSSR count). The minimum absolute atomic E-state index is 0.0304. The standard InChI is InChI=1S/C18H19N3OS/c1-4-21(11-15-6-5-9-23-15)18(22)14-7-8-16-17(10-14)20-13(3)12(2)19-16/h5-10H,4,11H2,1-3H3. The lowest BCUT2D eigenvalue weighted by molar-refractivity contribution is 0.0754. The Morgan fingerprint density at radius 2 is 1.87 bits per heavy atom. The fourth-order valence-electron chi connectivity index (χ4n) is 2.46. The van der Waals surface area contributed by atoms with Crippen LogP contribution in [0.5, 0.6) is 0 Å². The Kier molecular flexibility index (Phi) is 4.39. The third-order valence-corrected chi connectivity index (χ3v) is 4.78. The Bertz CT molecular complexity index is 843. The molecule has 0 radical (unpaired) electrons. The maximum Gasteiger partial charge on any atom is 0.254 e. The first-order valence-corrected chi connectivity index (χ1v) is 8.53. The van der Waals surface area contributed by atoms with E-state index in [-0.39, 0.29) is 5.91 Å². The SMILES string of the molecule is CCN(Cc1cccs1)C(=O)c1ccc2nc(C)c(C)nc2c1. The number of amides is 1. The van der Waals surface area contributed by atoms with Gasteiger partial charge >= 0.3 is 0 Å². The first kappa shape index (κ1) is 15.6. The molecule has 0 aliphatic carbocycles. The third-order valence-electron chi connectivity index (χ3n) is 3.92. The smallest absolute Gasteiger partial charge is 0.254 e. The highest BCUT2D eigenvalue weighted by molar-refractivity contribution is 7.09. The zero-order valence-corrected chi connectivity index (χ0v) is 14.4. The van der Waals surface area contributed by atoms with Crippen molar-refractivity contribution in [1.29, 1.82) is 0 Å². The summed E-state index contributed by atoms with van der Waals surface area (Å²) in [7, 11) is 0. The second kappa shape index (κ2) is 6.46. The average Bonchev–Trinajstić information content (AvgIpc) is 3.06. The number of aryl methyl sites for hydroxylation is 2. The number of hydrogen-bond acceptors (Lipinski definition) is 4. The molecule has 0 aliphatic heterocycles. The van der Waals surface area contributed by atoms with Crippen molar-refractivity contribution in [2.24, 2.45) is 0 Å². The van der Waals surface area contributed by atoms with Crippen molar-refractivity contribution < 1.29 is 4.79 Å². The predicted molar refractivity (Wildman–Crippen MR) is 93.7 cm³/mol. The minimum atomic E-state index is 0.0304. The maximum atomic E-state index is 12.8. The lowest BCUT2D eigenvalue weighted by Crippen LogP contribution is -2.30. The number of aromatic nitrogens is 2. The van der Waals surface area contributed by atoms with E-state index < -0.39 is 0 Å². The van der Waals surface area contributed by atoms with Crippen LogP contribution in [0.25, 0.3) is 11.0 Å². The van der Waals surface area contributed by atoms with E-state index in [0.29, 0.717) is 18.7 Å². The second-order valence-corrected chi connectivity index (χ2v) is 6.53. The quantitative estimate of drug-likeness (QED) is 0.729. The van der Waals surface area contributed by atoms with Crippen LogP contribution >= 0.6 is 11.3 Å². The van der Waals surface area contributed by atoms with Gasteiger partial charge < -0.3 is 4.90 Å². The highest BCUT2D eigenvalue weighted by Gasteiger charge is 2.16. The molecule has 0 unspecified atom stereocenters. The number of rotatable bonds is 4. The molecule has 118 valence electrons. The zero-order valence-electron chi connectivity index (χ0n) is 13.5. The molecule has 0 bridgehead atoms. The topological polar surface area (TPSA) is 46.1 Å². The molecule has 2 aromatic heterocycles. The Morgan fingerprint density at radius 3 is 2.52 bits per heavy atom. The van der Waals surface area contributed by atoms with Crippen molar-refractivity contribution in [3.63, 3.8) is 0 Å². The number of hydrogen-bond donors (Lipinski definition) is 0. The van der Waals surface area contributed by atoms with Crippen molar-refractivity contribution >= 4 is 28.3 Å². The number of fused-ring (bicyclic) bond motifs is 1. The Hall–Kier alpha value is -2.27. The predicted octanol–water partition coefficient (Wildman–Crippen LogP) is 3.97. The van der Waals surface area contributed by atoms with Gasteiger partial charge in [0.15, 0.2) is 0 Å². The minimum Gasteiger partial charge on any atom is -0.334 e. The van der Waals surface area contributed by atoms with Gasteiger partial charge in [0.25, 0.3) is 5.91 Å². The van der Waals surface area contributed by atoms with Crippen molar-refractivity contribution in [2.75, 3.05) is 6.54 Å². The Morgan fingerprint density at radius 1 is 1.13 bits per heavy atom. The summed E-state index contributed by atoms with van der Waals surface area (Å²) in [6.07, 6.45) is 0. The van der Waals surface area contributed by atoms with Gasteiger partial charge in [0.2, 0.25) is 0 Å². The van der Waals surface area contributed by atoms with E-state index in [1.165, 1.54) is 4.88 Å². The molecule has 4 nitrogen and oxygen atoms in total. The van der Waals surface area contributed by atoms with Crippen LogP contribution in [0.15, 0.2) is 35.7 Å². The molecule has 0 spiro atoms. The summed E-state index contributed by atoms with van der Waals surface area (Å²) in [5.41, 5.74) is 4.07. The molecular formula is C18H19N3OS. The molecular weight excluding hydrogens is 306 g/mol. The van der Waals surface area contributed by atoms with Gasteiger partial charge in [-0.25, -0.2) is 9.97 Å². The first-order valence-electron chi connectivity index (χ1n) is 7.65. The summed E-state index contributed by atoms with van der Waals surface area (Å²) in [5.74, 6) is 0.0304. The van der Waals surface area contributed by atoms with Crippen LogP contribution < -0.4 is 0 Å². The van der Waals surface area contributed by atoms with Gasteiger partial charge in [-0.2, -0.15) is 0 Å². The monoisotopic (exact) mass is 325 g/mol. The van der Waals surface area contributed by atoms with E-state index in [1.807, 2.05) is 55.3 Å². The number of carbonyl (C=O) groups is 1. The molecule has 0 atom stereocenters. The number of benzene rings is 1. The molecule has 0 saturated heterocycles. The summed E-state index contributed by atoms with van der Waals surface area (Å²) >= 11 is 1.67. The van der Waals surface area contributed by atoms with E-state index in [2.05, 4.69) is 16.0 Å². The molecule has 0 aliphatic rings. The lowest BCUT2D eigenvalue weighted by atomic mass is 10.1. The van der Waals surface area contributed by atoms with Gasteiger partial charge in [-0.15, -0.1) is 11.3 Å². The van der Waals surface area contributed by atoms with Crippen LogP contribution in [0.4, 0.5) is 0 Å². The average molecular weight is 325 g/mol. The van der Waals surface area contributed by atoms with Crippen LogP contribution in [0.2, 0.25) is 0 Å². The molecule has 5 heteroatoms. The number of thiophene rings is 1. The van der Waals surface area contributed by atoms with Gasteiger partial charge in [-0.1, -0.05) is 6.07 Å². The molecule has 0 saturated carbocycles. The van der Waals surface area contributed by atoms with Crippen LogP contribution in [0.1, 0.15) is 33.5 Å². The first-order chi connectivity index (χ1) is 11.1. The molecule has 0 N–H and O–H groups in total. The summed E-state index contributed by atoms with van der Waals surface area (Å²) in [6.45, 7) is 7.20. The van der Waals surface area contributed by atoms with Gasteiger partial charge in [0.05, 0.1) is 29.0 Å². The van der Waals surface area contributed by atoms with E-state index in [4.69, 9.17) is 0 Å². The summed E-state index contributed by atoms with van der Waals surface area (Å²) in [5, 5.41) is 2.03. The van der Waals surface area contributed by atoms with Crippen molar-refractivity contribution in [2.45, 2.75) is 27.3 Å². The van der Waals surface area contributed by atoms with Gasteiger partial charge in [-0.05, 0) is 50.4 Å². The number of carbonyl (C=O) groups excluding carboxylic acids is 1. The van der Waals surface area contributed by atoms with Crippen LogP contribution in [-0.2, 0) is 6.54 Å². The third kappa shape index (κ3) is 3.24. The Labute approximate surface area is 139 Å². The van der Waals surface area contributed by atoms with Crippen molar-refractivity contribution in [3.8, 4) is 0 Å². The molecule has 0 fully saturated rings. The van der Waals surface area contributed by atoms with Gasteiger partial charge in [-0.3, -0.25) is 4.79 Å².